The van der Waals surface area contributed by atoms with Crippen molar-refractivity contribution in [3.05, 3.63) is 26.9 Å². The number of aliphatic hydroxyl groups excluding tert-OH is 2. The topological polar surface area (TPSA) is 236 Å². The number of aryl methyl sites for hydroxylation is 1. The third kappa shape index (κ3) is 6.95. The molecular weight excluding hydrogens is 521 g/mol. The fourth-order valence-electron chi connectivity index (χ4n) is 2.56. The van der Waals surface area contributed by atoms with Crippen molar-refractivity contribution in [2.75, 3.05) is 13.7 Å². The molecule has 0 spiro atoms. The van der Waals surface area contributed by atoms with Crippen LogP contribution in [0.1, 0.15) is 18.7 Å². The van der Waals surface area contributed by atoms with Crippen LogP contribution in [-0.2, 0) is 42.5 Å². The second-order valence-corrected chi connectivity index (χ2v) is 11.4. The first kappa shape index (κ1) is 27.6. The van der Waals surface area contributed by atoms with Crippen molar-refractivity contribution in [2.45, 2.75) is 37.9 Å². The fraction of sp³-hybridized carbons (Fsp3) is 0.667. The maximum Gasteiger partial charge on any atom is 0.490 e. The summed E-state index contributed by atoms with van der Waals surface area (Å²) >= 11 is 5.01. The van der Waals surface area contributed by atoms with Gasteiger partial charge in [0.15, 0.2) is 6.23 Å². The molecule has 1 aromatic rings. The number of nitrogens with zero attached hydrogens (tertiary/aromatic N) is 1. The number of ether oxygens (including phenoxy) is 1. The number of hydrogen-bond acceptors (Lipinski definition) is 12. The number of aliphatic hydroxyl groups is 2. The highest BCUT2D eigenvalue weighted by Crippen LogP contribution is 2.67. The van der Waals surface area contributed by atoms with Crippen LogP contribution >= 0.6 is 35.7 Å². The van der Waals surface area contributed by atoms with Gasteiger partial charge in [-0.05, 0) is 6.42 Å². The summed E-state index contributed by atoms with van der Waals surface area (Å²) < 4.78 is 57.0. The van der Waals surface area contributed by atoms with Gasteiger partial charge in [0.25, 0.3) is 0 Å². The Morgan fingerprint density at radius 1 is 1.12 bits per heavy atom. The molecule has 3 unspecified atom stereocenters. The lowest BCUT2D eigenvalue weighted by Crippen LogP contribution is -2.36. The number of aromatic nitrogens is 2. The van der Waals surface area contributed by atoms with Gasteiger partial charge in [-0.25, -0.2) is 18.5 Å². The molecule has 7 atom stereocenters. The summed E-state index contributed by atoms with van der Waals surface area (Å²) in [5, 5.41) is 20.4. The van der Waals surface area contributed by atoms with E-state index < -0.39 is 60.3 Å². The first-order valence-corrected chi connectivity index (χ1v) is 13.5. The zero-order chi connectivity index (χ0) is 24.5. The number of H-pyrrole nitrogens is 1. The highest BCUT2D eigenvalue weighted by atomic mass is 32.1. The largest absolute Gasteiger partial charge is 0.490 e. The van der Waals surface area contributed by atoms with Crippen LogP contribution in [0.5, 0.6) is 0 Å². The summed E-state index contributed by atoms with van der Waals surface area (Å²) in [5.41, 5.74) is -0.222. The average molecular weight is 542 g/mol. The number of nitrogens with one attached hydrogen (secondary N) is 1. The molecule has 1 fully saturated rings. The summed E-state index contributed by atoms with van der Waals surface area (Å²) in [6, 6.07) is 0. The second-order valence-electron chi connectivity index (χ2n) is 6.27. The van der Waals surface area contributed by atoms with E-state index in [1.54, 1.807) is 6.92 Å². The van der Waals surface area contributed by atoms with Crippen molar-refractivity contribution < 1.29 is 61.0 Å². The molecule has 0 aliphatic carbocycles. The van der Waals surface area contributed by atoms with E-state index in [0.29, 0.717) is 19.1 Å². The predicted octanol–water partition coefficient (Wildman–Crippen LogP) is 0.0849. The predicted molar refractivity (Wildman–Crippen MR) is 106 cm³/mol. The lowest BCUT2D eigenvalue weighted by atomic mass is 10.1. The van der Waals surface area contributed by atoms with Crippen LogP contribution in [0, 0.1) is 4.64 Å². The number of phosphoric acid groups is 3. The molecule has 0 radical (unpaired) electrons. The molecule has 0 amide bonds. The van der Waals surface area contributed by atoms with E-state index in [2.05, 4.69) is 22.7 Å². The molecule has 0 aromatic carbocycles. The molecule has 0 bridgehead atoms. The van der Waals surface area contributed by atoms with Crippen LogP contribution in [0.4, 0.5) is 0 Å². The average Bonchev–Trinajstić information content (AvgIpc) is 2.93. The summed E-state index contributed by atoms with van der Waals surface area (Å²) in [6.07, 6.45) is -4.58. The highest BCUT2D eigenvalue weighted by Gasteiger charge is 2.47. The van der Waals surface area contributed by atoms with E-state index in [9.17, 15) is 38.5 Å². The van der Waals surface area contributed by atoms with Gasteiger partial charge in [-0.15, -0.1) is 0 Å². The lowest BCUT2D eigenvalue weighted by molar-refractivity contribution is -0.0543. The van der Waals surface area contributed by atoms with Crippen molar-refractivity contribution in [1.29, 1.82) is 0 Å². The zero-order valence-corrected chi connectivity index (χ0v) is 19.9. The molecule has 1 saturated heterocycles. The van der Waals surface area contributed by atoms with Gasteiger partial charge in [0.05, 0.1) is 6.61 Å². The molecule has 2 heterocycles. The van der Waals surface area contributed by atoms with E-state index in [0.717, 1.165) is 4.57 Å². The summed E-state index contributed by atoms with van der Waals surface area (Å²) in [7, 11) is -15.4. The Bertz CT molecular complexity index is 1090. The highest BCUT2D eigenvalue weighted by molar-refractivity contribution is 7.71. The molecular formula is C12H21N2O14P3S. The van der Waals surface area contributed by atoms with Crippen molar-refractivity contribution in [3.63, 3.8) is 0 Å². The Hall–Kier alpha value is -0.610. The minimum absolute atomic E-state index is 0.177. The van der Waals surface area contributed by atoms with Gasteiger partial charge in [0.1, 0.15) is 23.0 Å². The second kappa shape index (κ2) is 10.3. The summed E-state index contributed by atoms with van der Waals surface area (Å²) in [5.74, 6) is 0. The van der Waals surface area contributed by atoms with Gasteiger partial charge in [0, 0.05) is 18.9 Å². The van der Waals surface area contributed by atoms with Crippen LogP contribution < -0.4 is 5.69 Å². The molecule has 0 saturated carbocycles. The fourth-order valence-corrected chi connectivity index (χ4v) is 6.11. The Kier molecular flexibility index (Phi) is 8.93. The molecule has 2 rings (SSSR count). The zero-order valence-electron chi connectivity index (χ0n) is 16.4. The first-order valence-electron chi connectivity index (χ1n) is 8.58. The molecule has 16 nitrogen and oxygen atoms in total. The number of hydrogen-bond donors (Lipinski definition) is 6. The molecule has 20 heteroatoms. The van der Waals surface area contributed by atoms with Crippen LogP contribution in [-0.4, -0.2) is 66.5 Å². The quantitative estimate of drug-likeness (QED) is 0.170. The SMILES string of the molecule is CCc1cn([C@@H]2O[C@H](COP(=O)(O)OP(=O)(O)OP(=O)(O)OC)[C@@H](O)[C@H]2O)c(=O)[nH]c1=S. The Morgan fingerprint density at radius 3 is 2.28 bits per heavy atom. The van der Waals surface area contributed by atoms with Gasteiger partial charge >= 0.3 is 29.2 Å². The monoisotopic (exact) mass is 542 g/mol. The minimum atomic E-state index is -5.61. The molecule has 6 N–H and O–H groups in total. The molecule has 1 aliphatic rings. The van der Waals surface area contributed by atoms with Crippen molar-refractivity contribution in [1.82, 2.24) is 9.55 Å². The standard InChI is InChI=1S/C12H21N2O14P3S/c1-3-6-4-14(12(17)13-10(6)32)11-9(16)8(15)7(26-11)5-25-30(20,21)28-31(22,23)27-29(18,19)24-2/h4,7-9,11,15-16H,3,5H2,1-2H3,(H,18,19)(H,20,21)(H,22,23)(H,13,17,32)/t7-,8-,9-,11-/m1/s1. The van der Waals surface area contributed by atoms with E-state index in [4.69, 9.17) is 21.8 Å². The van der Waals surface area contributed by atoms with Crippen molar-refractivity contribution >= 4 is 35.7 Å². The van der Waals surface area contributed by atoms with Gasteiger partial charge in [-0.1, -0.05) is 19.1 Å². The van der Waals surface area contributed by atoms with E-state index >= 15 is 0 Å². The third-order valence-corrected chi connectivity index (χ3v) is 8.68. The molecule has 32 heavy (non-hydrogen) atoms. The minimum Gasteiger partial charge on any atom is -0.387 e. The van der Waals surface area contributed by atoms with Crippen molar-refractivity contribution in [3.8, 4) is 0 Å². The maximum atomic E-state index is 12.2. The molecule has 1 aromatic heterocycles. The number of aromatic amines is 1. The Morgan fingerprint density at radius 2 is 1.72 bits per heavy atom. The number of phosphoric ester groups is 2. The van der Waals surface area contributed by atoms with E-state index in [-0.39, 0.29) is 4.64 Å². The molecule has 1 aliphatic heterocycles. The van der Waals surface area contributed by atoms with Gasteiger partial charge in [0.2, 0.25) is 0 Å². The van der Waals surface area contributed by atoms with Gasteiger partial charge in [-0.2, -0.15) is 8.62 Å². The third-order valence-electron chi connectivity index (χ3n) is 4.08. The molecule has 184 valence electrons. The normalized spacial score (nSPS) is 29.2. The van der Waals surface area contributed by atoms with Crippen LogP contribution in [0.15, 0.2) is 11.0 Å². The van der Waals surface area contributed by atoms with Crippen LogP contribution in [0.3, 0.4) is 0 Å². The van der Waals surface area contributed by atoms with E-state index in [1.165, 1.54) is 6.20 Å². The van der Waals surface area contributed by atoms with Crippen molar-refractivity contribution in [2.24, 2.45) is 0 Å². The Balaban J connectivity index is 2.11. The first-order chi connectivity index (χ1) is 14.6. The van der Waals surface area contributed by atoms with Gasteiger partial charge in [-0.3, -0.25) is 18.6 Å². The number of rotatable bonds is 10. The Labute approximate surface area is 185 Å². The van der Waals surface area contributed by atoms with Crippen LogP contribution in [0.2, 0.25) is 0 Å². The van der Waals surface area contributed by atoms with Gasteiger partial charge < -0.3 is 29.6 Å². The summed E-state index contributed by atoms with van der Waals surface area (Å²) in [6.45, 7) is 0.789. The summed E-state index contributed by atoms with van der Waals surface area (Å²) in [4.78, 5) is 42.4. The van der Waals surface area contributed by atoms with Crippen LogP contribution in [0.25, 0.3) is 0 Å². The van der Waals surface area contributed by atoms with E-state index in [1.807, 2.05) is 0 Å². The smallest absolute Gasteiger partial charge is 0.387 e. The lowest BCUT2D eigenvalue weighted by Gasteiger charge is -2.19. The maximum absolute atomic E-state index is 12.2.